The summed E-state index contributed by atoms with van der Waals surface area (Å²) in [6, 6.07) is 0. The highest BCUT2D eigenvalue weighted by Crippen LogP contribution is 2.23. The highest BCUT2D eigenvalue weighted by atomic mass is 16.7. The SMILES string of the molecule is CC[C@H]1O[C@H](OC)[C@H](O)[C@@H]1O. The Hall–Kier alpha value is -0.160. The van der Waals surface area contributed by atoms with Gasteiger partial charge < -0.3 is 19.7 Å². The second-order valence-electron chi connectivity index (χ2n) is 2.67. The van der Waals surface area contributed by atoms with Gasteiger partial charge in [-0.3, -0.25) is 0 Å². The van der Waals surface area contributed by atoms with Gasteiger partial charge >= 0.3 is 0 Å². The molecule has 4 atom stereocenters. The summed E-state index contributed by atoms with van der Waals surface area (Å²) in [5, 5.41) is 18.6. The van der Waals surface area contributed by atoms with E-state index in [-0.39, 0.29) is 6.10 Å². The van der Waals surface area contributed by atoms with Gasteiger partial charge in [-0.25, -0.2) is 0 Å². The van der Waals surface area contributed by atoms with Crippen LogP contribution in [0.1, 0.15) is 13.3 Å². The molecule has 0 unspecified atom stereocenters. The van der Waals surface area contributed by atoms with E-state index in [9.17, 15) is 10.2 Å². The Bertz CT molecular complexity index is 110. The van der Waals surface area contributed by atoms with Crippen LogP contribution < -0.4 is 0 Å². The summed E-state index contributed by atoms with van der Waals surface area (Å²) >= 11 is 0. The summed E-state index contributed by atoms with van der Waals surface area (Å²) in [4.78, 5) is 0. The summed E-state index contributed by atoms with van der Waals surface area (Å²) in [6.45, 7) is 1.89. The minimum atomic E-state index is -0.912. The third-order valence-electron chi connectivity index (χ3n) is 1.95. The highest BCUT2D eigenvalue weighted by Gasteiger charge is 2.41. The predicted molar refractivity (Wildman–Crippen MR) is 38.0 cm³/mol. The van der Waals surface area contributed by atoms with Crippen LogP contribution in [0.5, 0.6) is 0 Å². The number of rotatable bonds is 2. The van der Waals surface area contributed by atoms with Gasteiger partial charge in [-0.05, 0) is 6.42 Å². The summed E-state index contributed by atoms with van der Waals surface area (Å²) in [5.41, 5.74) is 0. The number of hydrogen-bond donors (Lipinski definition) is 2. The lowest BCUT2D eigenvalue weighted by atomic mass is 10.1. The molecule has 1 rings (SSSR count). The molecule has 0 aromatic rings. The van der Waals surface area contributed by atoms with E-state index < -0.39 is 18.5 Å². The second-order valence-corrected chi connectivity index (χ2v) is 2.67. The van der Waals surface area contributed by atoms with Crippen LogP contribution in [0.15, 0.2) is 0 Å². The van der Waals surface area contributed by atoms with Gasteiger partial charge in [-0.1, -0.05) is 6.92 Å². The maximum absolute atomic E-state index is 9.30. The van der Waals surface area contributed by atoms with Gasteiger partial charge in [0.25, 0.3) is 0 Å². The molecule has 0 aromatic carbocycles. The third kappa shape index (κ3) is 1.54. The predicted octanol–water partition coefficient (Wildman–Crippen LogP) is -0.510. The molecule has 4 nitrogen and oxygen atoms in total. The van der Waals surface area contributed by atoms with Crippen LogP contribution in [0.3, 0.4) is 0 Å². The zero-order valence-corrected chi connectivity index (χ0v) is 6.73. The molecule has 0 amide bonds. The molecule has 1 heterocycles. The Morgan fingerprint density at radius 1 is 1.36 bits per heavy atom. The molecular formula is C7H14O4. The van der Waals surface area contributed by atoms with Crippen LogP contribution in [-0.2, 0) is 9.47 Å². The summed E-state index contributed by atoms with van der Waals surface area (Å²) < 4.78 is 9.96. The number of methoxy groups -OCH3 is 1. The van der Waals surface area contributed by atoms with Gasteiger partial charge in [-0.15, -0.1) is 0 Å². The second kappa shape index (κ2) is 3.49. The van der Waals surface area contributed by atoms with Crippen LogP contribution in [-0.4, -0.2) is 41.9 Å². The van der Waals surface area contributed by atoms with E-state index in [1.54, 1.807) is 0 Å². The van der Waals surface area contributed by atoms with E-state index >= 15 is 0 Å². The first-order valence-corrected chi connectivity index (χ1v) is 3.75. The molecule has 1 aliphatic heterocycles. The van der Waals surface area contributed by atoms with E-state index in [2.05, 4.69) is 0 Å². The first kappa shape index (κ1) is 8.93. The van der Waals surface area contributed by atoms with Crippen molar-refractivity contribution in [1.29, 1.82) is 0 Å². The molecule has 0 spiro atoms. The molecule has 1 fully saturated rings. The lowest BCUT2D eigenvalue weighted by Crippen LogP contribution is -2.32. The molecule has 1 aliphatic rings. The summed E-state index contributed by atoms with van der Waals surface area (Å²) in [7, 11) is 1.44. The van der Waals surface area contributed by atoms with Crippen molar-refractivity contribution in [1.82, 2.24) is 0 Å². The quantitative estimate of drug-likeness (QED) is 0.574. The fourth-order valence-electron chi connectivity index (χ4n) is 1.25. The lowest BCUT2D eigenvalue weighted by molar-refractivity contribution is -0.148. The maximum Gasteiger partial charge on any atom is 0.186 e. The van der Waals surface area contributed by atoms with E-state index in [0.717, 1.165) is 0 Å². The van der Waals surface area contributed by atoms with Crippen molar-refractivity contribution in [3.8, 4) is 0 Å². The zero-order valence-electron chi connectivity index (χ0n) is 6.73. The van der Waals surface area contributed by atoms with Crippen molar-refractivity contribution in [2.75, 3.05) is 7.11 Å². The van der Waals surface area contributed by atoms with Crippen molar-refractivity contribution >= 4 is 0 Å². The molecular weight excluding hydrogens is 148 g/mol. The lowest BCUT2D eigenvalue weighted by Gasteiger charge is -2.11. The van der Waals surface area contributed by atoms with Crippen LogP contribution >= 0.6 is 0 Å². The Morgan fingerprint density at radius 3 is 2.27 bits per heavy atom. The Morgan fingerprint density at radius 2 is 2.00 bits per heavy atom. The Kier molecular flexibility index (Phi) is 2.84. The third-order valence-corrected chi connectivity index (χ3v) is 1.95. The summed E-state index contributed by atoms with van der Waals surface area (Å²) in [5.74, 6) is 0. The van der Waals surface area contributed by atoms with Crippen molar-refractivity contribution in [2.45, 2.75) is 37.9 Å². The topological polar surface area (TPSA) is 58.9 Å². The van der Waals surface area contributed by atoms with Gasteiger partial charge in [-0.2, -0.15) is 0 Å². The van der Waals surface area contributed by atoms with E-state index in [0.29, 0.717) is 6.42 Å². The molecule has 0 aliphatic carbocycles. The highest BCUT2D eigenvalue weighted by molar-refractivity contribution is 4.85. The fourth-order valence-corrected chi connectivity index (χ4v) is 1.25. The molecule has 0 radical (unpaired) electrons. The molecule has 0 bridgehead atoms. The smallest absolute Gasteiger partial charge is 0.186 e. The van der Waals surface area contributed by atoms with Gasteiger partial charge in [0.05, 0.1) is 6.10 Å². The maximum atomic E-state index is 9.30. The van der Waals surface area contributed by atoms with E-state index in [1.165, 1.54) is 7.11 Å². The van der Waals surface area contributed by atoms with E-state index in [1.807, 2.05) is 6.92 Å². The zero-order chi connectivity index (χ0) is 8.43. The normalized spacial score (nSPS) is 44.7. The number of ether oxygens (including phenoxy) is 2. The molecule has 0 aromatic heterocycles. The molecule has 11 heavy (non-hydrogen) atoms. The van der Waals surface area contributed by atoms with Crippen molar-refractivity contribution in [3.63, 3.8) is 0 Å². The minimum Gasteiger partial charge on any atom is -0.387 e. The fraction of sp³-hybridized carbons (Fsp3) is 1.00. The van der Waals surface area contributed by atoms with Gasteiger partial charge in [0, 0.05) is 7.11 Å². The Balaban J connectivity index is 2.53. The molecule has 66 valence electrons. The van der Waals surface area contributed by atoms with Crippen LogP contribution in [0, 0.1) is 0 Å². The van der Waals surface area contributed by atoms with Crippen molar-refractivity contribution in [2.24, 2.45) is 0 Å². The van der Waals surface area contributed by atoms with E-state index in [4.69, 9.17) is 9.47 Å². The number of aliphatic hydroxyl groups excluding tert-OH is 2. The largest absolute Gasteiger partial charge is 0.387 e. The molecule has 4 heteroatoms. The minimum absolute atomic E-state index is 0.296. The summed E-state index contributed by atoms with van der Waals surface area (Å²) in [6.07, 6.45) is -2.02. The first-order valence-electron chi connectivity index (χ1n) is 3.75. The standard InChI is InChI=1S/C7H14O4/c1-3-4-5(8)6(9)7(10-2)11-4/h4-9H,3H2,1-2H3/t4-,5-,6-,7+/m1/s1. The number of aliphatic hydroxyl groups is 2. The molecule has 1 saturated heterocycles. The number of hydrogen-bond acceptors (Lipinski definition) is 4. The Labute approximate surface area is 65.7 Å². The van der Waals surface area contributed by atoms with Gasteiger partial charge in [0.15, 0.2) is 6.29 Å². The molecule has 0 saturated carbocycles. The van der Waals surface area contributed by atoms with Gasteiger partial charge in [0.2, 0.25) is 0 Å². The van der Waals surface area contributed by atoms with Crippen LogP contribution in [0.4, 0.5) is 0 Å². The van der Waals surface area contributed by atoms with Crippen LogP contribution in [0.25, 0.3) is 0 Å². The monoisotopic (exact) mass is 162 g/mol. The van der Waals surface area contributed by atoms with Gasteiger partial charge in [0.1, 0.15) is 12.2 Å². The van der Waals surface area contributed by atoms with Crippen molar-refractivity contribution < 1.29 is 19.7 Å². The van der Waals surface area contributed by atoms with Crippen molar-refractivity contribution in [3.05, 3.63) is 0 Å². The average Bonchev–Trinajstić information content (AvgIpc) is 2.30. The average molecular weight is 162 g/mol. The molecule has 2 N–H and O–H groups in total. The first-order chi connectivity index (χ1) is 5.20. The van der Waals surface area contributed by atoms with Crippen LogP contribution in [0.2, 0.25) is 0 Å².